The van der Waals surface area contributed by atoms with Crippen molar-refractivity contribution >= 4 is 39.4 Å². The second-order valence-corrected chi connectivity index (χ2v) is 5.41. The first-order chi connectivity index (χ1) is 9.45. The lowest BCUT2D eigenvalue weighted by atomic mass is 10.1. The summed E-state index contributed by atoms with van der Waals surface area (Å²) in [4.78, 5) is 35.4. The van der Waals surface area contributed by atoms with Crippen molar-refractivity contribution in [3.8, 4) is 0 Å². The number of nitrogens with one attached hydrogen (secondary N) is 1. The number of anilines is 1. The Morgan fingerprint density at radius 3 is 2.65 bits per heavy atom. The molecule has 2 amide bonds. The molecule has 1 aliphatic rings. The lowest BCUT2D eigenvalue weighted by Crippen LogP contribution is -2.24. The fraction of sp³-hybridized carbons (Fsp3) is 0.308. The number of hydrogen-bond acceptors (Lipinski definition) is 5. The van der Waals surface area contributed by atoms with Gasteiger partial charge in [0.05, 0.1) is 18.2 Å². The van der Waals surface area contributed by atoms with Gasteiger partial charge in [0.1, 0.15) is 4.83 Å². The number of carbonyl (C=O) groups is 3. The van der Waals surface area contributed by atoms with E-state index >= 15 is 0 Å². The van der Waals surface area contributed by atoms with Crippen LogP contribution in [-0.4, -0.2) is 48.2 Å². The van der Waals surface area contributed by atoms with E-state index in [0.717, 1.165) is 4.90 Å². The Balaban J connectivity index is 2.12. The predicted molar refractivity (Wildman–Crippen MR) is 76.1 cm³/mol. The number of alkyl halides is 1. The van der Waals surface area contributed by atoms with E-state index in [1.807, 2.05) is 0 Å². The molecular weight excluding hydrogens is 328 g/mol. The zero-order chi connectivity index (χ0) is 14.9. The van der Waals surface area contributed by atoms with Crippen LogP contribution in [0.25, 0.3) is 0 Å². The largest absolute Gasteiger partial charge is 0.468 e. The second-order valence-electron chi connectivity index (χ2n) is 4.30. The van der Waals surface area contributed by atoms with Crippen LogP contribution >= 0.6 is 15.9 Å². The first kappa shape index (κ1) is 14.5. The molecule has 7 heteroatoms. The molecule has 0 fully saturated rings. The Hall–Kier alpha value is -1.89. The summed E-state index contributed by atoms with van der Waals surface area (Å²) in [7, 11) is 2.76. The minimum absolute atomic E-state index is 0.301. The minimum atomic E-state index is -0.485. The summed E-state index contributed by atoms with van der Waals surface area (Å²) in [5, 5.41) is 3.01. The fourth-order valence-corrected chi connectivity index (χ4v) is 2.24. The zero-order valence-electron chi connectivity index (χ0n) is 11.0. The third kappa shape index (κ3) is 2.53. The van der Waals surface area contributed by atoms with Crippen LogP contribution in [0.3, 0.4) is 0 Å². The Morgan fingerprint density at radius 1 is 1.35 bits per heavy atom. The Labute approximate surface area is 124 Å². The quantitative estimate of drug-likeness (QED) is 0.507. The number of halogens is 1. The standard InChI is InChI=1S/C13H13BrN2O4/c1-16-11(17)8-4-3-7(5-9(8)12(16)18)15-6-10(14)13(19)20-2/h3-5,10,15H,6H2,1-2H3. The highest BCUT2D eigenvalue weighted by Crippen LogP contribution is 2.24. The maximum atomic E-state index is 11.8. The third-order valence-electron chi connectivity index (χ3n) is 3.03. The molecule has 20 heavy (non-hydrogen) atoms. The van der Waals surface area contributed by atoms with Gasteiger partial charge in [0, 0.05) is 19.3 Å². The number of ether oxygens (including phenoxy) is 1. The molecule has 106 valence electrons. The van der Waals surface area contributed by atoms with Crippen LogP contribution in [0.4, 0.5) is 5.69 Å². The van der Waals surface area contributed by atoms with Gasteiger partial charge < -0.3 is 10.1 Å². The number of esters is 1. The topological polar surface area (TPSA) is 75.7 Å². The predicted octanol–water partition coefficient (Wildman–Crippen LogP) is 1.26. The van der Waals surface area contributed by atoms with E-state index in [0.29, 0.717) is 23.4 Å². The average molecular weight is 341 g/mol. The van der Waals surface area contributed by atoms with Crippen molar-refractivity contribution in [3.05, 3.63) is 29.3 Å². The van der Waals surface area contributed by atoms with Crippen molar-refractivity contribution in [1.82, 2.24) is 4.90 Å². The highest BCUT2D eigenvalue weighted by atomic mass is 79.9. The molecule has 0 radical (unpaired) electrons. The van der Waals surface area contributed by atoms with Crippen LogP contribution in [0.1, 0.15) is 20.7 Å². The van der Waals surface area contributed by atoms with Crippen LogP contribution < -0.4 is 5.32 Å². The van der Waals surface area contributed by atoms with Gasteiger partial charge in [-0.25, -0.2) is 0 Å². The summed E-state index contributed by atoms with van der Waals surface area (Å²) >= 11 is 3.19. The lowest BCUT2D eigenvalue weighted by molar-refractivity contribution is -0.139. The highest BCUT2D eigenvalue weighted by Gasteiger charge is 2.32. The van der Waals surface area contributed by atoms with E-state index < -0.39 is 4.83 Å². The molecule has 1 aromatic rings. The summed E-state index contributed by atoms with van der Waals surface area (Å²) < 4.78 is 4.59. The van der Waals surface area contributed by atoms with Crippen LogP contribution in [0, 0.1) is 0 Å². The number of imide groups is 1. The van der Waals surface area contributed by atoms with Gasteiger partial charge in [0.2, 0.25) is 0 Å². The zero-order valence-corrected chi connectivity index (χ0v) is 12.6. The number of hydrogen-bond donors (Lipinski definition) is 1. The van der Waals surface area contributed by atoms with E-state index in [1.165, 1.54) is 14.2 Å². The van der Waals surface area contributed by atoms with Crippen LogP contribution in [0.15, 0.2) is 18.2 Å². The number of nitrogens with zero attached hydrogens (tertiary/aromatic N) is 1. The Bertz CT molecular complexity index is 588. The van der Waals surface area contributed by atoms with Crippen molar-refractivity contribution < 1.29 is 19.1 Å². The normalized spacial score (nSPS) is 15.1. The maximum absolute atomic E-state index is 11.8. The number of benzene rings is 1. The molecule has 6 nitrogen and oxygen atoms in total. The molecule has 1 N–H and O–H groups in total. The van der Waals surface area contributed by atoms with E-state index in [-0.39, 0.29) is 17.8 Å². The summed E-state index contributed by atoms with van der Waals surface area (Å²) in [5.41, 5.74) is 1.42. The highest BCUT2D eigenvalue weighted by molar-refractivity contribution is 9.10. The van der Waals surface area contributed by atoms with Gasteiger partial charge in [-0.3, -0.25) is 19.3 Å². The summed E-state index contributed by atoms with van der Waals surface area (Å²) in [6.45, 7) is 0.309. The van der Waals surface area contributed by atoms with Crippen molar-refractivity contribution in [1.29, 1.82) is 0 Å². The number of fused-ring (bicyclic) bond motifs is 1. The van der Waals surface area contributed by atoms with E-state index in [9.17, 15) is 14.4 Å². The lowest BCUT2D eigenvalue weighted by Gasteiger charge is -2.10. The smallest absolute Gasteiger partial charge is 0.321 e. The van der Waals surface area contributed by atoms with E-state index in [1.54, 1.807) is 18.2 Å². The maximum Gasteiger partial charge on any atom is 0.321 e. The van der Waals surface area contributed by atoms with Crippen molar-refractivity contribution in [2.24, 2.45) is 0 Å². The third-order valence-corrected chi connectivity index (χ3v) is 3.73. The molecule has 1 unspecified atom stereocenters. The number of amides is 2. The first-order valence-corrected chi connectivity index (χ1v) is 6.79. The van der Waals surface area contributed by atoms with Crippen molar-refractivity contribution in [2.75, 3.05) is 26.0 Å². The number of methoxy groups -OCH3 is 1. The average Bonchev–Trinajstić information content (AvgIpc) is 2.68. The van der Waals surface area contributed by atoms with Crippen LogP contribution in [0.5, 0.6) is 0 Å². The molecule has 0 bridgehead atoms. The second kappa shape index (κ2) is 5.62. The molecule has 1 atom stereocenters. The Kier molecular flexibility index (Phi) is 4.08. The summed E-state index contributed by atoms with van der Waals surface area (Å²) in [5.74, 6) is -1.01. The van der Waals surface area contributed by atoms with Gasteiger partial charge in [0.15, 0.2) is 0 Å². The molecule has 2 rings (SSSR count). The van der Waals surface area contributed by atoms with E-state index in [2.05, 4.69) is 26.0 Å². The van der Waals surface area contributed by atoms with Crippen LogP contribution in [0.2, 0.25) is 0 Å². The summed E-state index contributed by atoms with van der Waals surface area (Å²) in [6.07, 6.45) is 0. The monoisotopic (exact) mass is 340 g/mol. The Morgan fingerprint density at radius 2 is 2.00 bits per heavy atom. The minimum Gasteiger partial charge on any atom is -0.468 e. The van der Waals surface area contributed by atoms with Crippen LogP contribution in [-0.2, 0) is 9.53 Å². The molecule has 0 aliphatic carbocycles. The van der Waals surface area contributed by atoms with Gasteiger partial charge in [-0.15, -0.1) is 0 Å². The molecule has 0 aromatic heterocycles. The SMILES string of the molecule is COC(=O)C(Br)CNc1ccc2c(c1)C(=O)N(C)C2=O. The molecular formula is C13H13BrN2O4. The molecule has 1 aromatic carbocycles. The van der Waals surface area contributed by atoms with Gasteiger partial charge in [-0.05, 0) is 18.2 Å². The molecule has 1 heterocycles. The molecule has 0 saturated carbocycles. The molecule has 0 spiro atoms. The van der Waals surface area contributed by atoms with Gasteiger partial charge in [-0.2, -0.15) is 0 Å². The van der Waals surface area contributed by atoms with E-state index in [4.69, 9.17) is 0 Å². The van der Waals surface area contributed by atoms with Gasteiger partial charge in [-0.1, -0.05) is 15.9 Å². The number of carbonyl (C=O) groups excluding carboxylic acids is 3. The van der Waals surface area contributed by atoms with Gasteiger partial charge in [0.25, 0.3) is 11.8 Å². The van der Waals surface area contributed by atoms with Crippen molar-refractivity contribution in [2.45, 2.75) is 4.83 Å². The van der Waals surface area contributed by atoms with Crippen molar-refractivity contribution in [3.63, 3.8) is 0 Å². The molecule has 0 saturated heterocycles. The van der Waals surface area contributed by atoms with Gasteiger partial charge >= 0.3 is 5.97 Å². The molecule has 1 aliphatic heterocycles. The fourth-order valence-electron chi connectivity index (χ4n) is 1.89. The summed E-state index contributed by atoms with van der Waals surface area (Å²) in [6, 6.07) is 4.90. The number of rotatable bonds is 4. The first-order valence-electron chi connectivity index (χ1n) is 5.88.